The molecule has 0 unspecified atom stereocenters. The lowest BCUT2D eigenvalue weighted by atomic mass is 9.97. The minimum Gasteiger partial charge on any atom is -0.478 e. The van der Waals surface area contributed by atoms with Crippen LogP contribution >= 0.6 is 0 Å². The van der Waals surface area contributed by atoms with Crippen LogP contribution in [0.15, 0.2) is 24.3 Å². The molecule has 1 aliphatic heterocycles. The molecule has 1 fully saturated rings. The fourth-order valence-corrected chi connectivity index (χ4v) is 4.05. The fraction of sp³-hybridized carbons (Fsp3) is 0.529. The van der Waals surface area contributed by atoms with Crippen molar-refractivity contribution >= 4 is 21.9 Å². The number of benzene rings is 1. The first kappa shape index (κ1) is 19.4. The Kier molecular flexibility index (Phi) is 6.55. The Balaban J connectivity index is 1.78. The Labute approximate surface area is 148 Å². The molecule has 1 saturated heterocycles. The van der Waals surface area contributed by atoms with E-state index < -0.39 is 16.0 Å². The van der Waals surface area contributed by atoms with Gasteiger partial charge in [-0.2, -0.15) is 0 Å². The van der Waals surface area contributed by atoms with Crippen molar-refractivity contribution in [2.75, 3.05) is 25.4 Å². The van der Waals surface area contributed by atoms with Gasteiger partial charge in [0.15, 0.2) is 0 Å². The van der Waals surface area contributed by atoms with E-state index in [1.54, 1.807) is 19.1 Å². The number of nitrogens with one attached hydrogen (secondary N) is 1. The van der Waals surface area contributed by atoms with Crippen molar-refractivity contribution in [2.24, 2.45) is 5.92 Å². The minimum atomic E-state index is -3.18. The summed E-state index contributed by atoms with van der Waals surface area (Å²) >= 11 is 0. The van der Waals surface area contributed by atoms with Crippen LogP contribution in [-0.4, -0.2) is 55.1 Å². The first-order valence-electron chi connectivity index (χ1n) is 8.41. The molecule has 0 bridgehead atoms. The van der Waals surface area contributed by atoms with E-state index in [9.17, 15) is 18.0 Å². The second-order valence-corrected chi connectivity index (χ2v) is 8.38. The summed E-state index contributed by atoms with van der Waals surface area (Å²) in [5.74, 6) is -1.13. The van der Waals surface area contributed by atoms with Gasteiger partial charge in [-0.3, -0.25) is 4.79 Å². The maximum Gasteiger partial charge on any atom is 0.335 e. The van der Waals surface area contributed by atoms with Gasteiger partial charge in [-0.15, -0.1) is 0 Å². The predicted octanol–water partition coefficient (Wildman–Crippen LogP) is 1.11. The molecular weight excluding hydrogens is 344 g/mol. The topological polar surface area (TPSA) is 104 Å². The summed E-state index contributed by atoms with van der Waals surface area (Å²) in [4.78, 5) is 23.2. The number of nitrogens with zero attached hydrogens (tertiary/aromatic N) is 1. The number of sulfonamides is 1. The summed E-state index contributed by atoms with van der Waals surface area (Å²) in [6.45, 7) is 2.81. The summed E-state index contributed by atoms with van der Waals surface area (Å²) in [5.41, 5.74) is 1.08. The molecule has 0 spiro atoms. The van der Waals surface area contributed by atoms with E-state index >= 15 is 0 Å². The fourth-order valence-electron chi connectivity index (χ4n) is 2.91. The zero-order valence-corrected chi connectivity index (χ0v) is 15.1. The molecule has 1 amide bonds. The molecule has 2 rings (SSSR count). The molecule has 138 valence electrons. The van der Waals surface area contributed by atoms with Gasteiger partial charge in [-0.25, -0.2) is 17.5 Å². The molecule has 0 aliphatic carbocycles. The van der Waals surface area contributed by atoms with Gasteiger partial charge in [0.25, 0.3) is 0 Å². The molecular formula is C17H24N2O5S. The highest BCUT2D eigenvalue weighted by atomic mass is 32.2. The van der Waals surface area contributed by atoms with Crippen molar-refractivity contribution in [1.82, 2.24) is 9.62 Å². The Bertz CT molecular complexity index is 724. The van der Waals surface area contributed by atoms with Crippen LogP contribution in [0, 0.1) is 5.92 Å². The van der Waals surface area contributed by atoms with E-state index in [1.165, 1.54) is 10.4 Å². The Morgan fingerprint density at radius 1 is 1.28 bits per heavy atom. The smallest absolute Gasteiger partial charge is 0.335 e. The van der Waals surface area contributed by atoms with Crippen LogP contribution in [0.25, 0.3) is 0 Å². The first-order valence-corrected chi connectivity index (χ1v) is 10.0. The zero-order valence-electron chi connectivity index (χ0n) is 14.3. The van der Waals surface area contributed by atoms with Crippen molar-refractivity contribution in [2.45, 2.75) is 26.2 Å². The van der Waals surface area contributed by atoms with Crippen LogP contribution in [0.4, 0.5) is 0 Å². The van der Waals surface area contributed by atoms with Crippen molar-refractivity contribution < 1.29 is 23.1 Å². The number of piperidine rings is 1. The molecule has 1 aromatic rings. The number of carboxylic acids is 1. The van der Waals surface area contributed by atoms with Gasteiger partial charge in [0.1, 0.15) is 0 Å². The highest BCUT2D eigenvalue weighted by molar-refractivity contribution is 7.89. The van der Waals surface area contributed by atoms with Crippen molar-refractivity contribution in [3.63, 3.8) is 0 Å². The van der Waals surface area contributed by atoms with Crippen LogP contribution in [0.1, 0.15) is 35.7 Å². The SMILES string of the molecule is CCS(=O)(=O)N1CCC(C(=O)NCCc2cccc(C(=O)O)c2)CC1. The average molecular weight is 368 g/mol. The van der Waals surface area contributed by atoms with Crippen molar-refractivity contribution in [1.29, 1.82) is 0 Å². The van der Waals surface area contributed by atoms with E-state index in [1.807, 2.05) is 6.07 Å². The van der Waals surface area contributed by atoms with Gasteiger partial charge >= 0.3 is 5.97 Å². The van der Waals surface area contributed by atoms with Crippen molar-refractivity contribution in [3.8, 4) is 0 Å². The first-order chi connectivity index (χ1) is 11.8. The van der Waals surface area contributed by atoms with Gasteiger partial charge in [-0.05, 0) is 43.9 Å². The summed E-state index contributed by atoms with van der Waals surface area (Å²) in [5, 5.41) is 11.8. The second-order valence-electron chi connectivity index (χ2n) is 6.12. The Hall–Kier alpha value is -1.93. The van der Waals surface area contributed by atoms with E-state index in [2.05, 4.69) is 5.32 Å². The molecule has 25 heavy (non-hydrogen) atoms. The van der Waals surface area contributed by atoms with Crippen LogP contribution in [0.3, 0.4) is 0 Å². The average Bonchev–Trinajstić information content (AvgIpc) is 2.62. The molecule has 0 aromatic heterocycles. The van der Waals surface area contributed by atoms with E-state index in [0.717, 1.165) is 5.56 Å². The van der Waals surface area contributed by atoms with Crippen molar-refractivity contribution in [3.05, 3.63) is 35.4 Å². The maximum atomic E-state index is 12.2. The monoisotopic (exact) mass is 368 g/mol. The van der Waals surface area contributed by atoms with Crippen LogP contribution in [0.2, 0.25) is 0 Å². The Morgan fingerprint density at radius 3 is 2.56 bits per heavy atom. The molecule has 0 saturated carbocycles. The van der Waals surface area contributed by atoms with Crippen LogP contribution in [-0.2, 0) is 21.2 Å². The number of carbonyl (C=O) groups excluding carboxylic acids is 1. The van der Waals surface area contributed by atoms with Crippen LogP contribution < -0.4 is 5.32 Å². The third-order valence-corrected chi connectivity index (χ3v) is 6.35. The third-order valence-electron chi connectivity index (χ3n) is 4.47. The molecule has 7 nitrogen and oxygen atoms in total. The summed E-state index contributed by atoms with van der Waals surface area (Å²) < 4.78 is 25.1. The lowest BCUT2D eigenvalue weighted by molar-refractivity contribution is -0.126. The molecule has 0 radical (unpaired) electrons. The molecule has 0 atom stereocenters. The maximum absolute atomic E-state index is 12.2. The van der Waals surface area contributed by atoms with Gasteiger partial charge in [-0.1, -0.05) is 12.1 Å². The van der Waals surface area contributed by atoms with Gasteiger partial charge in [0.05, 0.1) is 11.3 Å². The van der Waals surface area contributed by atoms with E-state index in [0.29, 0.717) is 38.9 Å². The van der Waals surface area contributed by atoms with E-state index in [4.69, 9.17) is 5.11 Å². The number of carboxylic acid groups (broad SMARTS) is 1. The lowest BCUT2D eigenvalue weighted by Gasteiger charge is -2.30. The molecule has 1 aromatic carbocycles. The minimum absolute atomic E-state index is 0.0667. The number of rotatable bonds is 7. The third kappa shape index (κ3) is 5.27. The number of hydrogen-bond acceptors (Lipinski definition) is 4. The summed E-state index contributed by atoms with van der Waals surface area (Å²) in [6, 6.07) is 6.64. The Morgan fingerprint density at radius 2 is 1.96 bits per heavy atom. The molecule has 8 heteroatoms. The van der Waals surface area contributed by atoms with E-state index in [-0.39, 0.29) is 23.1 Å². The van der Waals surface area contributed by atoms with Gasteiger partial charge < -0.3 is 10.4 Å². The summed E-state index contributed by atoms with van der Waals surface area (Å²) in [6.07, 6.45) is 1.61. The largest absolute Gasteiger partial charge is 0.478 e. The highest BCUT2D eigenvalue weighted by Crippen LogP contribution is 2.20. The number of hydrogen-bond donors (Lipinski definition) is 2. The zero-order chi connectivity index (χ0) is 18.4. The van der Waals surface area contributed by atoms with Gasteiger partial charge in [0.2, 0.25) is 15.9 Å². The molecule has 1 heterocycles. The van der Waals surface area contributed by atoms with Gasteiger partial charge in [0, 0.05) is 25.6 Å². The predicted molar refractivity (Wildman–Crippen MR) is 93.9 cm³/mol. The highest BCUT2D eigenvalue weighted by Gasteiger charge is 2.29. The second kappa shape index (κ2) is 8.44. The summed E-state index contributed by atoms with van der Waals surface area (Å²) in [7, 11) is -3.18. The number of carbonyl (C=O) groups is 2. The normalized spacial score (nSPS) is 16.5. The molecule has 1 aliphatic rings. The molecule has 2 N–H and O–H groups in total. The lowest BCUT2D eigenvalue weighted by Crippen LogP contribution is -2.43. The number of aromatic carboxylic acids is 1. The quantitative estimate of drug-likeness (QED) is 0.750. The van der Waals surface area contributed by atoms with Crippen LogP contribution in [0.5, 0.6) is 0 Å². The number of amides is 1. The standard InChI is InChI=1S/C17H24N2O5S/c1-2-25(23,24)19-10-7-14(8-11-19)16(20)18-9-6-13-4-3-5-15(12-13)17(21)22/h3-5,12,14H,2,6-11H2,1H3,(H,18,20)(H,21,22).